The molecule has 0 radical (unpaired) electrons. The molecule has 2 heterocycles. The van der Waals surface area contributed by atoms with Gasteiger partial charge in [-0.1, -0.05) is 12.1 Å². The Labute approximate surface area is 149 Å². The number of carbonyl (C=O) groups is 1. The number of hydrogen-bond donors (Lipinski definition) is 0. The highest BCUT2D eigenvalue weighted by atomic mass is 16.5. The second-order valence-electron chi connectivity index (χ2n) is 6.76. The molecule has 1 aromatic carbocycles. The maximum atomic E-state index is 12.4. The summed E-state index contributed by atoms with van der Waals surface area (Å²) in [4.78, 5) is 14.4. The average Bonchev–Trinajstić information content (AvgIpc) is 3.11. The molecule has 25 heavy (non-hydrogen) atoms. The number of carbonyl (C=O) groups excluding carboxylic acids is 1. The van der Waals surface area contributed by atoms with Crippen LogP contribution in [-0.2, 0) is 11.3 Å². The van der Waals surface area contributed by atoms with Crippen molar-refractivity contribution in [2.45, 2.75) is 51.6 Å². The number of aryl methyl sites for hydroxylation is 1. The molecule has 0 unspecified atom stereocenters. The minimum Gasteiger partial charge on any atom is -0.497 e. The monoisotopic (exact) mass is 341 g/mol. The number of methoxy groups -OCH3 is 1. The summed E-state index contributed by atoms with van der Waals surface area (Å²) in [6, 6.07) is 8.35. The number of hydrogen-bond acceptors (Lipinski definition) is 3. The van der Waals surface area contributed by atoms with E-state index in [9.17, 15) is 4.79 Å². The van der Waals surface area contributed by atoms with E-state index in [4.69, 9.17) is 4.74 Å². The number of amides is 1. The topological polar surface area (TPSA) is 47.4 Å². The molecule has 1 aliphatic rings. The van der Waals surface area contributed by atoms with E-state index < -0.39 is 0 Å². The van der Waals surface area contributed by atoms with Gasteiger partial charge in [0.2, 0.25) is 5.91 Å². The van der Waals surface area contributed by atoms with Crippen LogP contribution < -0.4 is 4.74 Å². The van der Waals surface area contributed by atoms with Gasteiger partial charge in [0, 0.05) is 37.3 Å². The van der Waals surface area contributed by atoms with Gasteiger partial charge in [-0.3, -0.25) is 9.48 Å². The van der Waals surface area contributed by atoms with Gasteiger partial charge in [0.15, 0.2) is 0 Å². The van der Waals surface area contributed by atoms with Gasteiger partial charge in [-0.2, -0.15) is 5.10 Å². The van der Waals surface area contributed by atoms with Crippen molar-refractivity contribution < 1.29 is 9.53 Å². The van der Waals surface area contributed by atoms with Crippen molar-refractivity contribution in [3.8, 4) is 16.9 Å². The van der Waals surface area contributed by atoms with E-state index in [-0.39, 0.29) is 5.91 Å². The van der Waals surface area contributed by atoms with E-state index in [1.54, 1.807) is 7.11 Å². The van der Waals surface area contributed by atoms with Crippen LogP contribution in [0.1, 0.15) is 39.0 Å². The number of aromatic nitrogens is 2. The fourth-order valence-corrected chi connectivity index (χ4v) is 3.42. The first-order valence-corrected chi connectivity index (χ1v) is 9.14. The number of rotatable bonds is 6. The Bertz CT molecular complexity index is 693. The van der Waals surface area contributed by atoms with Crippen molar-refractivity contribution >= 4 is 5.91 Å². The van der Waals surface area contributed by atoms with Crippen molar-refractivity contribution in [1.82, 2.24) is 14.7 Å². The zero-order chi connectivity index (χ0) is 17.6. The van der Waals surface area contributed by atoms with Gasteiger partial charge in [-0.15, -0.1) is 0 Å². The lowest BCUT2D eigenvalue weighted by Crippen LogP contribution is -2.41. The molecule has 1 fully saturated rings. The molecule has 1 aliphatic heterocycles. The summed E-state index contributed by atoms with van der Waals surface area (Å²) in [5.74, 6) is 1.14. The number of benzene rings is 1. The van der Waals surface area contributed by atoms with Crippen LogP contribution in [0.3, 0.4) is 0 Å². The fraction of sp³-hybridized carbons (Fsp3) is 0.500. The Hall–Kier alpha value is -2.30. The molecule has 2 aromatic rings. The molecule has 1 aromatic heterocycles. The number of ether oxygens (including phenoxy) is 1. The molecule has 1 amide bonds. The highest BCUT2D eigenvalue weighted by Gasteiger charge is 2.22. The van der Waals surface area contributed by atoms with Crippen LogP contribution in [0.2, 0.25) is 0 Å². The molecule has 5 heteroatoms. The largest absolute Gasteiger partial charge is 0.497 e. The first-order chi connectivity index (χ1) is 12.2. The van der Waals surface area contributed by atoms with Crippen LogP contribution in [-0.4, -0.2) is 40.3 Å². The maximum absolute atomic E-state index is 12.4. The maximum Gasteiger partial charge on any atom is 0.222 e. The lowest BCUT2D eigenvalue weighted by molar-refractivity contribution is -0.134. The van der Waals surface area contributed by atoms with Gasteiger partial charge in [0.05, 0.1) is 13.3 Å². The van der Waals surface area contributed by atoms with E-state index in [0.717, 1.165) is 49.2 Å². The Morgan fingerprint density at radius 3 is 2.76 bits per heavy atom. The highest BCUT2D eigenvalue weighted by molar-refractivity contribution is 5.76. The fourth-order valence-electron chi connectivity index (χ4n) is 3.42. The van der Waals surface area contributed by atoms with Crippen molar-refractivity contribution in [2.75, 3.05) is 13.7 Å². The van der Waals surface area contributed by atoms with Gasteiger partial charge < -0.3 is 9.64 Å². The third-order valence-electron chi connectivity index (χ3n) is 4.96. The number of piperidine rings is 1. The van der Waals surface area contributed by atoms with Crippen LogP contribution in [0.5, 0.6) is 5.75 Å². The predicted octanol–water partition coefficient (Wildman–Crippen LogP) is 3.74. The van der Waals surface area contributed by atoms with E-state index in [1.807, 2.05) is 41.3 Å². The molecule has 5 nitrogen and oxygen atoms in total. The van der Waals surface area contributed by atoms with Gasteiger partial charge in [-0.25, -0.2) is 0 Å². The van der Waals surface area contributed by atoms with Crippen molar-refractivity contribution in [2.24, 2.45) is 0 Å². The number of nitrogens with zero attached hydrogens (tertiary/aromatic N) is 3. The average molecular weight is 341 g/mol. The zero-order valence-electron chi connectivity index (χ0n) is 15.1. The van der Waals surface area contributed by atoms with Crippen LogP contribution >= 0.6 is 0 Å². The van der Waals surface area contributed by atoms with Crippen LogP contribution in [0, 0.1) is 0 Å². The third-order valence-corrected chi connectivity index (χ3v) is 4.96. The smallest absolute Gasteiger partial charge is 0.222 e. The normalized spacial score (nSPS) is 17.5. The molecule has 0 spiro atoms. The summed E-state index contributed by atoms with van der Waals surface area (Å²) in [5, 5.41) is 4.42. The van der Waals surface area contributed by atoms with Gasteiger partial charge >= 0.3 is 0 Å². The van der Waals surface area contributed by atoms with E-state index >= 15 is 0 Å². The molecular formula is C20H27N3O2. The van der Waals surface area contributed by atoms with Crippen LogP contribution in [0.4, 0.5) is 0 Å². The zero-order valence-corrected chi connectivity index (χ0v) is 15.1. The van der Waals surface area contributed by atoms with Crippen molar-refractivity contribution in [3.05, 3.63) is 36.7 Å². The lowest BCUT2D eigenvalue weighted by Gasteiger charge is -2.33. The van der Waals surface area contributed by atoms with Gasteiger partial charge in [-0.05, 0) is 50.3 Å². The minimum absolute atomic E-state index is 0.287. The van der Waals surface area contributed by atoms with E-state index in [0.29, 0.717) is 12.5 Å². The Balaban J connectivity index is 1.50. The third kappa shape index (κ3) is 4.41. The molecular weight excluding hydrogens is 314 g/mol. The molecule has 0 aliphatic carbocycles. The molecule has 0 N–H and O–H groups in total. The molecule has 1 saturated heterocycles. The lowest BCUT2D eigenvalue weighted by atomic mass is 10.0. The Morgan fingerprint density at radius 2 is 2.04 bits per heavy atom. The second kappa shape index (κ2) is 8.19. The summed E-state index contributed by atoms with van der Waals surface area (Å²) < 4.78 is 7.11. The Morgan fingerprint density at radius 1 is 1.24 bits per heavy atom. The van der Waals surface area contributed by atoms with Gasteiger partial charge in [0.1, 0.15) is 5.75 Å². The Kier molecular flexibility index (Phi) is 5.74. The SMILES string of the molecule is COc1ccc(-c2cnn(CCCC(=O)N3CCCC[C@H]3C)c2)cc1. The van der Waals surface area contributed by atoms with Crippen LogP contribution in [0.25, 0.3) is 11.1 Å². The minimum atomic E-state index is 0.287. The summed E-state index contributed by atoms with van der Waals surface area (Å²) in [7, 11) is 1.67. The molecule has 1 atom stereocenters. The summed E-state index contributed by atoms with van der Waals surface area (Å²) in [6.45, 7) is 3.85. The summed E-state index contributed by atoms with van der Waals surface area (Å²) in [6.07, 6.45) is 8.85. The first kappa shape index (κ1) is 17.5. The molecule has 134 valence electrons. The second-order valence-corrected chi connectivity index (χ2v) is 6.76. The standard InChI is InChI=1S/C20H27N3O2/c1-16-6-3-4-13-23(16)20(24)7-5-12-22-15-18(14-21-22)17-8-10-19(25-2)11-9-17/h8-11,14-16H,3-7,12-13H2,1-2H3/t16-/m1/s1. The highest BCUT2D eigenvalue weighted by Crippen LogP contribution is 2.22. The van der Waals surface area contributed by atoms with E-state index in [2.05, 4.69) is 16.9 Å². The summed E-state index contributed by atoms with van der Waals surface area (Å²) >= 11 is 0. The predicted molar refractivity (Wildman–Crippen MR) is 98.5 cm³/mol. The first-order valence-electron chi connectivity index (χ1n) is 9.14. The van der Waals surface area contributed by atoms with E-state index in [1.165, 1.54) is 6.42 Å². The molecule has 0 saturated carbocycles. The number of likely N-dealkylation sites (tertiary alicyclic amines) is 1. The van der Waals surface area contributed by atoms with Crippen LogP contribution in [0.15, 0.2) is 36.7 Å². The van der Waals surface area contributed by atoms with Crippen molar-refractivity contribution in [3.63, 3.8) is 0 Å². The van der Waals surface area contributed by atoms with Crippen molar-refractivity contribution in [1.29, 1.82) is 0 Å². The quantitative estimate of drug-likeness (QED) is 0.804. The molecule has 3 rings (SSSR count). The summed E-state index contributed by atoms with van der Waals surface area (Å²) in [5.41, 5.74) is 2.20. The van der Waals surface area contributed by atoms with Gasteiger partial charge in [0.25, 0.3) is 0 Å². The molecule has 0 bridgehead atoms.